The van der Waals surface area contributed by atoms with Crippen LogP contribution in [0, 0.1) is 5.92 Å². The Bertz CT molecular complexity index is 1330. The molecule has 2 aromatic heterocycles. The Labute approximate surface area is 231 Å². The molecule has 1 aromatic carbocycles. The second kappa shape index (κ2) is 11.6. The van der Waals surface area contributed by atoms with E-state index in [4.69, 9.17) is 19.4 Å². The largest absolute Gasteiger partial charge is 0.381 e. The van der Waals surface area contributed by atoms with E-state index in [1.165, 1.54) is 4.57 Å². The summed E-state index contributed by atoms with van der Waals surface area (Å²) in [7, 11) is 1.73. The normalized spacial score (nSPS) is 25.1. The zero-order valence-electron chi connectivity index (χ0n) is 22.6. The van der Waals surface area contributed by atoms with Gasteiger partial charge >= 0.3 is 0 Å². The van der Waals surface area contributed by atoms with E-state index in [0.29, 0.717) is 54.9 Å². The first-order valence-corrected chi connectivity index (χ1v) is 14.1. The van der Waals surface area contributed by atoms with Crippen molar-refractivity contribution in [2.75, 3.05) is 43.6 Å². The lowest BCUT2D eigenvalue weighted by atomic mass is 9.83. The minimum atomic E-state index is -2.77. The second-order valence-corrected chi connectivity index (χ2v) is 10.8. The number of hydrogen-bond acceptors (Lipinski definition) is 8. The number of methoxy groups -OCH3 is 1. The molecule has 2 N–H and O–H groups in total. The summed E-state index contributed by atoms with van der Waals surface area (Å²) in [6.45, 7) is 2.31. The maximum atomic E-state index is 14.1. The molecule has 1 aliphatic heterocycles. The van der Waals surface area contributed by atoms with Crippen LogP contribution in [0.4, 0.5) is 20.5 Å². The third kappa shape index (κ3) is 5.60. The fraction of sp³-hybridized carbons (Fsp3) is 0.571. The molecule has 6 rings (SSSR count). The van der Waals surface area contributed by atoms with Crippen LogP contribution in [0.5, 0.6) is 0 Å². The summed E-state index contributed by atoms with van der Waals surface area (Å²) in [6, 6.07) is 8.95. The molecular weight excluding hydrogens is 520 g/mol. The van der Waals surface area contributed by atoms with Gasteiger partial charge in [-0.15, -0.1) is 0 Å². The van der Waals surface area contributed by atoms with Crippen molar-refractivity contribution in [3.8, 4) is 5.82 Å². The molecule has 40 heavy (non-hydrogen) atoms. The summed E-state index contributed by atoms with van der Waals surface area (Å²) in [4.78, 5) is 28.4. The minimum Gasteiger partial charge on any atom is -0.381 e. The highest BCUT2D eigenvalue weighted by atomic mass is 19.3. The number of fused-ring (bicyclic) bond motifs is 1. The minimum absolute atomic E-state index is 0.0490. The number of alkyl halides is 2. The number of hydrogen-bond donors (Lipinski definition) is 2. The molecule has 10 nitrogen and oxygen atoms in total. The van der Waals surface area contributed by atoms with Crippen molar-refractivity contribution in [3.63, 3.8) is 0 Å². The summed E-state index contributed by atoms with van der Waals surface area (Å²) in [5.74, 6) is 1.16. The van der Waals surface area contributed by atoms with Crippen molar-refractivity contribution in [3.05, 3.63) is 36.2 Å². The van der Waals surface area contributed by atoms with Crippen molar-refractivity contribution in [2.45, 2.75) is 63.1 Å². The smallest absolute Gasteiger partial charge is 0.296 e. The van der Waals surface area contributed by atoms with Gasteiger partial charge in [-0.1, -0.05) is 12.1 Å². The Hall–Kier alpha value is -3.38. The van der Waals surface area contributed by atoms with Gasteiger partial charge in [0.15, 0.2) is 5.82 Å². The Balaban J connectivity index is 1.19. The van der Waals surface area contributed by atoms with Crippen molar-refractivity contribution < 1.29 is 23.0 Å². The molecule has 214 valence electrons. The number of halogens is 2. The van der Waals surface area contributed by atoms with Gasteiger partial charge in [-0.25, -0.2) is 13.8 Å². The fourth-order valence-corrected chi connectivity index (χ4v) is 5.89. The van der Waals surface area contributed by atoms with Gasteiger partial charge in [-0.05, 0) is 50.7 Å². The maximum absolute atomic E-state index is 14.1. The number of aromatic nitrogens is 4. The Morgan fingerprint density at radius 3 is 2.52 bits per heavy atom. The molecule has 3 fully saturated rings. The first kappa shape index (κ1) is 26.8. The summed E-state index contributed by atoms with van der Waals surface area (Å²) >= 11 is 0. The van der Waals surface area contributed by atoms with Gasteiger partial charge in [-0.2, -0.15) is 9.97 Å². The average Bonchev–Trinajstić information content (AvgIpc) is 3.36. The highest BCUT2D eigenvalue weighted by molar-refractivity contribution is 5.79. The van der Waals surface area contributed by atoms with Gasteiger partial charge in [0.05, 0.1) is 30.4 Å². The number of amides is 1. The summed E-state index contributed by atoms with van der Waals surface area (Å²) in [5.41, 5.74) is 1.04. The lowest BCUT2D eigenvalue weighted by Gasteiger charge is -2.38. The molecule has 0 spiro atoms. The van der Waals surface area contributed by atoms with Crippen LogP contribution in [0.2, 0.25) is 0 Å². The monoisotopic (exact) mass is 555 g/mol. The van der Waals surface area contributed by atoms with Crippen LogP contribution >= 0.6 is 0 Å². The van der Waals surface area contributed by atoms with Crippen LogP contribution in [-0.4, -0.2) is 77.0 Å². The van der Waals surface area contributed by atoms with Crippen LogP contribution < -0.4 is 15.5 Å². The molecule has 3 aromatic rings. The van der Waals surface area contributed by atoms with Crippen LogP contribution in [0.25, 0.3) is 16.9 Å². The maximum Gasteiger partial charge on any atom is 0.296 e. The number of benzene rings is 1. The molecule has 1 saturated heterocycles. The van der Waals surface area contributed by atoms with Crippen molar-refractivity contribution in [2.24, 2.45) is 5.92 Å². The molecule has 1 amide bonds. The van der Waals surface area contributed by atoms with E-state index >= 15 is 0 Å². The van der Waals surface area contributed by atoms with E-state index in [-0.39, 0.29) is 35.8 Å². The van der Waals surface area contributed by atoms with Gasteiger partial charge in [0.1, 0.15) is 11.6 Å². The van der Waals surface area contributed by atoms with E-state index in [1.807, 2.05) is 4.90 Å². The Kier molecular flexibility index (Phi) is 7.79. The van der Waals surface area contributed by atoms with E-state index < -0.39 is 6.43 Å². The molecule has 3 aliphatic rings. The lowest BCUT2D eigenvalue weighted by Crippen LogP contribution is -2.51. The Morgan fingerprint density at radius 2 is 1.80 bits per heavy atom. The average molecular weight is 556 g/mol. The molecule has 2 aliphatic carbocycles. The van der Waals surface area contributed by atoms with Crippen molar-refractivity contribution >= 4 is 28.7 Å². The van der Waals surface area contributed by atoms with Crippen LogP contribution in [-0.2, 0) is 14.3 Å². The first-order valence-electron chi connectivity index (χ1n) is 14.1. The highest BCUT2D eigenvalue weighted by Gasteiger charge is 2.34. The number of rotatable bonds is 8. The number of ether oxygens (including phenoxy) is 2. The van der Waals surface area contributed by atoms with Gasteiger partial charge in [0.2, 0.25) is 11.9 Å². The van der Waals surface area contributed by atoms with Gasteiger partial charge in [0.25, 0.3) is 6.43 Å². The van der Waals surface area contributed by atoms with E-state index in [0.717, 1.165) is 38.5 Å². The van der Waals surface area contributed by atoms with Gasteiger partial charge in [0, 0.05) is 44.3 Å². The predicted molar refractivity (Wildman–Crippen MR) is 146 cm³/mol. The zero-order chi connectivity index (χ0) is 27.6. The van der Waals surface area contributed by atoms with Gasteiger partial charge in [-0.3, -0.25) is 9.36 Å². The summed E-state index contributed by atoms with van der Waals surface area (Å²) in [6.07, 6.45) is 2.58. The predicted octanol–water partition coefficient (Wildman–Crippen LogP) is 3.85. The third-order valence-electron chi connectivity index (χ3n) is 8.22. The number of para-hydroxylation sites is 2. The Morgan fingerprint density at radius 1 is 1.05 bits per heavy atom. The molecule has 12 heteroatoms. The number of nitrogens with one attached hydrogen (secondary N) is 2. The third-order valence-corrected chi connectivity index (χ3v) is 8.22. The first-order chi connectivity index (χ1) is 19.5. The summed E-state index contributed by atoms with van der Waals surface area (Å²) in [5, 5.41) is 6.66. The van der Waals surface area contributed by atoms with Crippen molar-refractivity contribution in [1.82, 2.24) is 24.8 Å². The van der Waals surface area contributed by atoms with Crippen LogP contribution in [0.1, 0.15) is 50.8 Å². The molecule has 0 atom stereocenters. The number of carbonyl (C=O) groups excluding carboxylic acids is 1. The van der Waals surface area contributed by atoms with Gasteiger partial charge < -0.3 is 25.0 Å². The number of imidazole rings is 1. The van der Waals surface area contributed by atoms with Crippen LogP contribution in [0.15, 0.2) is 30.3 Å². The quantitative estimate of drug-likeness (QED) is 0.432. The number of nitrogens with zero attached hydrogens (tertiary/aromatic N) is 5. The van der Waals surface area contributed by atoms with Crippen molar-refractivity contribution in [1.29, 1.82) is 0 Å². The molecule has 0 radical (unpaired) electrons. The highest BCUT2D eigenvalue weighted by Crippen LogP contribution is 2.31. The molecule has 0 bridgehead atoms. The van der Waals surface area contributed by atoms with E-state index in [1.54, 1.807) is 37.4 Å². The number of morpholine rings is 1. The number of anilines is 2. The van der Waals surface area contributed by atoms with Crippen LogP contribution in [0.3, 0.4) is 0 Å². The topological polar surface area (TPSA) is 106 Å². The SMILES string of the molecule is COC1CCC(C(=O)N[C@H]2C[C@H](Nc3cc(-n4c(C(F)F)nc5ccccc54)nc(N4CCOCC4)n3)C2)CC1. The zero-order valence-corrected chi connectivity index (χ0v) is 22.6. The molecule has 0 unspecified atom stereocenters. The van der Waals surface area contributed by atoms with E-state index in [2.05, 4.69) is 15.6 Å². The molecule has 3 heterocycles. The van der Waals surface area contributed by atoms with E-state index in [9.17, 15) is 13.6 Å². The molecular formula is C28H35F2N7O3. The summed E-state index contributed by atoms with van der Waals surface area (Å²) < 4.78 is 40.5. The second-order valence-electron chi connectivity index (χ2n) is 10.8. The number of carbonyl (C=O) groups is 1. The fourth-order valence-electron chi connectivity index (χ4n) is 5.89. The molecule has 2 saturated carbocycles. The standard InChI is InChI=1S/C28H35F2N7O3/c1-39-20-8-6-17(7-9-20)27(38)32-19-14-18(15-19)31-23-16-24(35-28(34-23)36-10-12-40-13-11-36)37-22-5-3-2-4-21(22)33-26(37)25(29)30/h2-5,16-20,25H,6-15H2,1H3,(H,32,38)(H,31,34,35)/t17?,18-,19-,20?. The lowest BCUT2D eigenvalue weighted by molar-refractivity contribution is -0.128.